The minimum Gasteiger partial charge on any atom is -0.465 e. The Bertz CT molecular complexity index is 350. The smallest absolute Gasteiger partial charge is 0.402 e. The number of nitrogens with two attached hydrogens (primary N) is 1. The first-order chi connectivity index (χ1) is 8.82. The molecule has 0 aliphatic rings. The summed E-state index contributed by atoms with van der Waals surface area (Å²) in [6.07, 6.45) is -0.150. The molecule has 1 aromatic carbocycles. The average molecular weight is 283 g/mol. The molecule has 4 heteroatoms. The zero-order valence-electron chi connectivity index (χ0n) is 12.2. The summed E-state index contributed by atoms with van der Waals surface area (Å²) in [6, 6.07) is 10.8. The van der Waals surface area contributed by atoms with Crippen molar-refractivity contribution in [1.82, 2.24) is 0 Å². The molecule has 0 aliphatic heterocycles. The molecule has 3 nitrogen and oxygen atoms in total. The highest BCUT2D eigenvalue weighted by molar-refractivity contribution is 8.00. The van der Waals surface area contributed by atoms with E-state index in [1.807, 2.05) is 0 Å². The molecule has 0 saturated heterocycles. The number of benzene rings is 1. The zero-order valence-corrected chi connectivity index (χ0v) is 13.0. The van der Waals surface area contributed by atoms with E-state index in [0.717, 1.165) is 11.2 Å². The summed E-state index contributed by atoms with van der Waals surface area (Å²) in [6.45, 7) is 9.26. The standard InChI is InChI=1S/C14H22S.CH3NO2/c1-11(2)13(4)15-12(3)10-14-8-6-5-7-9-14;2-1(3)4/h5-9,11-13H,10H2,1-4H3;2H2,(H,3,4). The van der Waals surface area contributed by atoms with Crippen molar-refractivity contribution in [2.75, 3.05) is 0 Å². The second-order valence-electron chi connectivity index (χ2n) is 4.92. The Kier molecular flexibility index (Phi) is 9.13. The van der Waals surface area contributed by atoms with Crippen LogP contribution < -0.4 is 5.73 Å². The summed E-state index contributed by atoms with van der Waals surface area (Å²) in [5.41, 5.74) is 5.48. The fraction of sp³-hybridized carbons (Fsp3) is 0.533. The highest BCUT2D eigenvalue weighted by atomic mass is 32.2. The summed E-state index contributed by atoms with van der Waals surface area (Å²) in [4.78, 5) is 8.78. The van der Waals surface area contributed by atoms with Crippen LogP contribution in [0.5, 0.6) is 0 Å². The number of primary amides is 1. The molecule has 19 heavy (non-hydrogen) atoms. The summed E-state index contributed by atoms with van der Waals surface area (Å²) in [5, 5.41) is 8.66. The summed E-state index contributed by atoms with van der Waals surface area (Å²) in [5.74, 6) is 0.772. The lowest BCUT2D eigenvalue weighted by atomic mass is 10.1. The first kappa shape index (κ1) is 17.8. The number of thioether (sulfide) groups is 1. The van der Waals surface area contributed by atoms with Gasteiger partial charge in [0.15, 0.2) is 0 Å². The van der Waals surface area contributed by atoms with Crippen molar-refractivity contribution >= 4 is 17.9 Å². The average Bonchev–Trinajstić information content (AvgIpc) is 2.29. The molecule has 2 atom stereocenters. The van der Waals surface area contributed by atoms with Gasteiger partial charge in [0.2, 0.25) is 0 Å². The second kappa shape index (κ2) is 9.73. The van der Waals surface area contributed by atoms with Gasteiger partial charge >= 0.3 is 6.09 Å². The van der Waals surface area contributed by atoms with Crippen LogP contribution in [0, 0.1) is 5.92 Å². The monoisotopic (exact) mass is 283 g/mol. The number of amides is 1. The van der Waals surface area contributed by atoms with Gasteiger partial charge in [0.1, 0.15) is 0 Å². The molecule has 1 amide bonds. The van der Waals surface area contributed by atoms with Crippen molar-refractivity contribution in [3.63, 3.8) is 0 Å². The molecule has 1 aromatic rings. The fourth-order valence-corrected chi connectivity index (χ4v) is 2.85. The number of carbonyl (C=O) groups is 1. The normalized spacial score (nSPS) is 13.3. The summed E-state index contributed by atoms with van der Waals surface area (Å²) < 4.78 is 0. The first-order valence-electron chi connectivity index (χ1n) is 6.50. The number of rotatable bonds is 5. The molecule has 0 saturated carbocycles. The highest BCUT2D eigenvalue weighted by Gasteiger charge is 2.12. The lowest BCUT2D eigenvalue weighted by Gasteiger charge is -2.20. The second-order valence-corrected chi connectivity index (χ2v) is 6.74. The van der Waals surface area contributed by atoms with Crippen molar-refractivity contribution in [1.29, 1.82) is 0 Å². The van der Waals surface area contributed by atoms with Gasteiger partial charge in [-0.3, -0.25) is 0 Å². The van der Waals surface area contributed by atoms with E-state index < -0.39 is 6.09 Å². The van der Waals surface area contributed by atoms with E-state index in [4.69, 9.17) is 9.90 Å². The Morgan fingerprint density at radius 1 is 1.21 bits per heavy atom. The Labute approximate surface area is 120 Å². The zero-order chi connectivity index (χ0) is 14.8. The van der Waals surface area contributed by atoms with Gasteiger partial charge in [0.05, 0.1) is 0 Å². The quantitative estimate of drug-likeness (QED) is 0.858. The Morgan fingerprint density at radius 3 is 2.11 bits per heavy atom. The fourth-order valence-electron chi connectivity index (χ4n) is 1.52. The van der Waals surface area contributed by atoms with E-state index in [1.165, 1.54) is 12.0 Å². The molecule has 0 fully saturated rings. The van der Waals surface area contributed by atoms with Crippen molar-refractivity contribution in [2.24, 2.45) is 11.7 Å². The van der Waals surface area contributed by atoms with Gasteiger partial charge in [-0.1, -0.05) is 58.0 Å². The third-order valence-corrected chi connectivity index (χ3v) is 4.36. The van der Waals surface area contributed by atoms with Gasteiger partial charge < -0.3 is 10.8 Å². The van der Waals surface area contributed by atoms with Crippen molar-refractivity contribution < 1.29 is 9.90 Å². The predicted octanol–water partition coefficient (Wildman–Crippen LogP) is 4.02. The number of carboxylic acid groups (broad SMARTS) is 1. The van der Waals surface area contributed by atoms with Crippen LogP contribution in [-0.4, -0.2) is 21.7 Å². The van der Waals surface area contributed by atoms with E-state index in [0.29, 0.717) is 5.25 Å². The maximum absolute atomic E-state index is 8.78. The molecule has 0 aromatic heterocycles. The number of hydrogen-bond donors (Lipinski definition) is 2. The first-order valence-corrected chi connectivity index (χ1v) is 7.45. The van der Waals surface area contributed by atoms with Gasteiger partial charge in [-0.15, -0.1) is 0 Å². The van der Waals surface area contributed by atoms with Crippen molar-refractivity contribution in [2.45, 2.75) is 44.6 Å². The lowest BCUT2D eigenvalue weighted by molar-refractivity contribution is 0.205. The molecule has 108 valence electrons. The van der Waals surface area contributed by atoms with E-state index >= 15 is 0 Å². The molecule has 3 N–H and O–H groups in total. The molecular weight excluding hydrogens is 258 g/mol. The van der Waals surface area contributed by atoms with Crippen LogP contribution in [-0.2, 0) is 6.42 Å². The van der Waals surface area contributed by atoms with Crippen LogP contribution in [0.15, 0.2) is 30.3 Å². The molecule has 0 spiro atoms. The minimum absolute atomic E-state index is 0.713. The maximum Gasteiger partial charge on any atom is 0.402 e. The third-order valence-electron chi connectivity index (χ3n) is 2.75. The van der Waals surface area contributed by atoms with Crippen LogP contribution in [0.1, 0.15) is 33.3 Å². The lowest BCUT2D eigenvalue weighted by Crippen LogP contribution is -2.12. The molecular formula is C15H25NO2S. The molecule has 0 heterocycles. The number of hydrogen-bond acceptors (Lipinski definition) is 2. The molecule has 1 rings (SSSR count). The third kappa shape index (κ3) is 10.4. The van der Waals surface area contributed by atoms with Gasteiger partial charge in [-0.2, -0.15) is 11.8 Å². The van der Waals surface area contributed by atoms with Crippen LogP contribution in [0.2, 0.25) is 0 Å². The Hall–Kier alpha value is -1.16. The van der Waals surface area contributed by atoms with Crippen molar-refractivity contribution in [3.8, 4) is 0 Å². The Morgan fingerprint density at radius 2 is 1.68 bits per heavy atom. The molecule has 0 aliphatic carbocycles. The Balaban J connectivity index is 0.000000711. The van der Waals surface area contributed by atoms with Crippen LogP contribution in [0.25, 0.3) is 0 Å². The minimum atomic E-state index is -1.33. The largest absolute Gasteiger partial charge is 0.465 e. The topological polar surface area (TPSA) is 63.3 Å². The summed E-state index contributed by atoms with van der Waals surface area (Å²) in [7, 11) is 0. The van der Waals surface area contributed by atoms with E-state index in [-0.39, 0.29) is 0 Å². The van der Waals surface area contributed by atoms with E-state index in [1.54, 1.807) is 0 Å². The van der Waals surface area contributed by atoms with E-state index in [2.05, 4.69) is 75.5 Å². The van der Waals surface area contributed by atoms with Gasteiger partial charge in [-0.25, -0.2) is 4.79 Å². The van der Waals surface area contributed by atoms with Crippen molar-refractivity contribution in [3.05, 3.63) is 35.9 Å². The predicted molar refractivity (Wildman–Crippen MR) is 83.7 cm³/mol. The summed E-state index contributed by atoms with van der Waals surface area (Å²) >= 11 is 2.10. The maximum atomic E-state index is 8.78. The van der Waals surface area contributed by atoms with E-state index in [9.17, 15) is 0 Å². The molecule has 0 radical (unpaired) electrons. The van der Waals surface area contributed by atoms with Crippen LogP contribution in [0.3, 0.4) is 0 Å². The van der Waals surface area contributed by atoms with Crippen LogP contribution >= 0.6 is 11.8 Å². The van der Waals surface area contributed by atoms with Crippen LogP contribution in [0.4, 0.5) is 4.79 Å². The van der Waals surface area contributed by atoms with Gasteiger partial charge in [0.25, 0.3) is 0 Å². The molecule has 2 unspecified atom stereocenters. The molecule has 0 bridgehead atoms. The highest BCUT2D eigenvalue weighted by Crippen LogP contribution is 2.25. The SMILES string of the molecule is CC(Cc1ccccc1)SC(C)C(C)C.NC(=O)O. The van der Waals surface area contributed by atoms with Gasteiger partial charge in [0, 0.05) is 10.5 Å². The van der Waals surface area contributed by atoms with Gasteiger partial charge in [-0.05, 0) is 17.9 Å².